The highest BCUT2D eigenvalue weighted by Gasteiger charge is 2.21. The molecule has 1 aliphatic carbocycles. The van der Waals surface area contributed by atoms with E-state index in [-0.39, 0.29) is 22.0 Å². The molecule has 29 heavy (non-hydrogen) atoms. The van der Waals surface area contributed by atoms with Crippen LogP contribution in [0.25, 0.3) is 0 Å². The van der Waals surface area contributed by atoms with Gasteiger partial charge in [0.2, 0.25) is 10.0 Å². The van der Waals surface area contributed by atoms with Crippen LogP contribution in [0.2, 0.25) is 0 Å². The molecular weight excluding hydrogens is 406 g/mol. The number of hydrogen-bond acceptors (Lipinski definition) is 4. The number of amides is 1. The lowest BCUT2D eigenvalue weighted by Crippen LogP contribution is -2.36. The van der Waals surface area contributed by atoms with Crippen molar-refractivity contribution < 1.29 is 13.2 Å². The van der Waals surface area contributed by atoms with Gasteiger partial charge in [0, 0.05) is 17.3 Å². The summed E-state index contributed by atoms with van der Waals surface area (Å²) in [5.41, 5.74) is 2.17. The molecular formula is C21H25N3O3S2. The summed E-state index contributed by atoms with van der Waals surface area (Å²) in [7, 11) is -3.54. The molecule has 0 radical (unpaired) electrons. The Morgan fingerprint density at radius 3 is 2.21 bits per heavy atom. The van der Waals surface area contributed by atoms with E-state index in [2.05, 4.69) is 15.4 Å². The maximum Gasteiger partial charge on any atom is 0.257 e. The summed E-state index contributed by atoms with van der Waals surface area (Å²) in [6.07, 6.45) is 5.05. The molecule has 0 spiro atoms. The molecule has 154 valence electrons. The first-order chi connectivity index (χ1) is 13.8. The summed E-state index contributed by atoms with van der Waals surface area (Å²) in [4.78, 5) is 12.4. The largest absolute Gasteiger partial charge is 0.332 e. The lowest BCUT2D eigenvalue weighted by molar-refractivity contribution is 0.0977. The third-order valence-corrected chi connectivity index (χ3v) is 6.63. The fraction of sp³-hybridized carbons (Fsp3) is 0.333. The Hall–Kier alpha value is -2.29. The minimum atomic E-state index is -3.54. The van der Waals surface area contributed by atoms with Gasteiger partial charge in [0.25, 0.3) is 5.91 Å². The van der Waals surface area contributed by atoms with Gasteiger partial charge in [-0.2, -0.15) is 0 Å². The number of carbonyl (C=O) groups excluding carboxylic acids is 1. The van der Waals surface area contributed by atoms with E-state index in [0.717, 1.165) is 31.2 Å². The number of sulfonamides is 1. The number of anilines is 1. The summed E-state index contributed by atoms with van der Waals surface area (Å²) < 4.78 is 27.9. The average molecular weight is 432 g/mol. The minimum absolute atomic E-state index is 0.0103. The molecule has 0 aliphatic heterocycles. The number of aryl methyl sites for hydroxylation is 1. The van der Waals surface area contributed by atoms with E-state index in [1.165, 1.54) is 18.6 Å². The van der Waals surface area contributed by atoms with Crippen molar-refractivity contribution in [3.8, 4) is 0 Å². The van der Waals surface area contributed by atoms with Crippen LogP contribution < -0.4 is 15.4 Å². The predicted molar refractivity (Wildman–Crippen MR) is 119 cm³/mol. The third kappa shape index (κ3) is 6.09. The molecule has 1 aliphatic rings. The Labute approximate surface area is 177 Å². The van der Waals surface area contributed by atoms with Gasteiger partial charge in [-0.25, -0.2) is 13.1 Å². The van der Waals surface area contributed by atoms with E-state index < -0.39 is 10.0 Å². The molecule has 0 aromatic heterocycles. The van der Waals surface area contributed by atoms with Gasteiger partial charge in [-0.1, -0.05) is 37.0 Å². The van der Waals surface area contributed by atoms with Crippen LogP contribution >= 0.6 is 12.2 Å². The molecule has 0 atom stereocenters. The number of thiocarbonyl (C=S) groups is 1. The Bertz CT molecular complexity index is 965. The van der Waals surface area contributed by atoms with Crippen LogP contribution in [-0.2, 0) is 10.0 Å². The van der Waals surface area contributed by atoms with Gasteiger partial charge in [-0.05, 0) is 68.4 Å². The molecule has 0 bridgehead atoms. The van der Waals surface area contributed by atoms with Gasteiger partial charge in [-0.3, -0.25) is 10.1 Å². The highest BCUT2D eigenvalue weighted by Crippen LogP contribution is 2.20. The van der Waals surface area contributed by atoms with Crippen molar-refractivity contribution in [2.45, 2.75) is 50.0 Å². The predicted octanol–water partition coefficient (Wildman–Crippen LogP) is 3.73. The molecule has 1 saturated carbocycles. The van der Waals surface area contributed by atoms with Crippen molar-refractivity contribution in [3.63, 3.8) is 0 Å². The van der Waals surface area contributed by atoms with Crippen LogP contribution in [0.4, 0.5) is 5.69 Å². The van der Waals surface area contributed by atoms with Crippen LogP contribution in [0.15, 0.2) is 53.4 Å². The van der Waals surface area contributed by atoms with Crippen LogP contribution in [0, 0.1) is 6.92 Å². The monoisotopic (exact) mass is 431 g/mol. The van der Waals surface area contributed by atoms with Crippen LogP contribution in [0.1, 0.15) is 48.0 Å². The molecule has 1 fully saturated rings. The lowest BCUT2D eigenvalue weighted by atomic mass is 9.96. The standard InChI is InChI=1S/C21H25N3O3S2/c1-15-7-9-16(10-8-15)20(25)23-21(28)22-17-11-13-19(14-12-17)29(26,27)24-18-5-3-2-4-6-18/h7-14,18,24H,2-6H2,1H3,(H2,22,23,25,28). The molecule has 0 unspecified atom stereocenters. The molecule has 3 N–H and O–H groups in total. The fourth-order valence-corrected chi connectivity index (χ4v) is 4.78. The van der Waals surface area contributed by atoms with E-state index in [9.17, 15) is 13.2 Å². The Kier molecular flexibility index (Phi) is 7.00. The van der Waals surface area contributed by atoms with Crippen molar-refractivity contribution in [1.82, 2.24) is 10.0 Å². The second kappa shape index (κ2) is 9.47. The highest BCUT2D eigenvalue weighted by atomic mass is 32.2. The number of nitrogens with one attached hydrogen (secondary N) is 3. The van der Waals surface area contributed by atoms with Crippen LogP contribution in [0.3, 0.4) is 0 Å². The zero-order valence-corrected chi connectivity index (χ0v) is 17.9. The molecule has 8 heteroatoms. The summed E-state index contributed by atoms with van der Waals surface area (Å²) in [6, 6.07) is 13.5. The number of hydrogen-bond donors (Lipinski definition) is 3. The third-order valence-electron chi connectivity index (χ3n) is 4.89. The van der Waals surface area contributed by atoms with E-state index >= 15 is 0 Å². The molecule has 1 amide bonds. The lowest BCUT2D eigenvalue weighted by Gasteiger charge is -2.22. The van der Waals surface area contributed by atoms with Gasteiger partial charge in [0.1, 0.15) is 0 Å². The Morgan fingerprint density at radius 1 is 0.966 bits per heavy atom. The highest BCUT2D eigenvalue weighted by molar-refractivity contribution is 7.89. The van der Waals surface area contributed by atoms with Crippen molar-refractivity contribution in [1.29, 1.82) is 0 Å². The molecule has 2 aromatic rings. The Morgan fingerprint density at radius 2 is 1.59 bits per heavy atom. The Balaban J connectivity index is 1.57. The van der Waals surface area contributed by atoms with E-state index in [1.807, 2.05) is 19.1 Å². The van der Waals surface area contributed by atoms with Crippen molar-refractivity contribution in [3.05, 3.63) is 59.7 Å². The van der Waals surface area contributed by atoms with Gasteiger partial charge >= 0.3 is 0 Å². The number of carbonyl (C=O) groups is 1. The molecule has 0 saturated heterocycles. The first-order valence-corrected chi connectivity index (χ1v) is 11.5. The summed E-state index contributed by atoms with van der Waals surface area (Å²) in [5, 5.41) is 5.66. The van der Waals surface area contributed by atoms with Crippen LogP contribution in [-0.4, -0.2) is 25.5 Å². The van der Waals surface area contributed by atoms with E-state index in [1.54, 1.807) is 24.3 Å². The van der Waals surface area contributed by atoms with Crippen molar-refractivity contribution in [2.24, 2.45) is 0 Å². The first-order valence-electron chi connectivity index (χ1n) is 9.65. The van der Waals surface area contributed by atoms with Crippen molar-refractivity contribution in [2.75, 3.05) is 5.32 Å². The molecule has 6 nitrogen and oxygen atoms in total. The normalized spacial score (nSPS) is 14.9. The molecule has 0 heterocycles. The second-order valence-electron chi connectivity index (χ2n) is 7.25. The van der Waals surface area contributed by atoms with E-state index in [0.29, 0.717) is 11.3 Å². The quantitative estimate of drug-likeness (QED) is 0.628. The molecule has 2 aromatic carbocycles. The summed E-state index contributed by atoms with van der Waals surface area (Å²) in [5.74, 6) is -0.307. The van der Waals surface area contributed by atoms with Gasteiger partial charge in [0.15, 0.2) is 5.11 Å². The van der Waals surface area contributed by atoms with Gasteiger partial charge in [0.05, 0.1) is 4.90 Å². The minimum Gasteiger partial charge on any atom is -0.332 e. The smallest absolute Gasteiger partial charge is 0.257 e. The van der Waals surface area contributed by atoms with Gasteiger partial charge in [-0.15, -0.1) is 0 Å². The topological polar surface area (TPSA) is 87.3 Å². The SMILES string of the molecule is Cc1ccc(C(=O)NC(=S)Nc2ccc(S(=O)(=O)NC3CCCCC3)cc2)cc1. The average Bonchev–Trinajstić information content (AvgIpc) is 2.69. The summed E-state index contributed by atoms with van der Waals surface area (Å²) in [6.45, 7) is 1.95. The fourth-order valence-electron chi connectivity index (χ4n) is 3.27. The number of rotatable bonds is 5. The number of benzene rings is 2. The summed E-state index contributed by atoms with van der Waals surface area (Å²) >= 11 is 5.18. The first kappa shape index (κ1) is 21.4. The maximum absolute atomic E-state index is 12.5. The zero-order valence-electron chi connectivity index (χ0n) is 16.3. The second-order valence-corrected chi connectivity index (χ2v) is 9.38. The zero-order chi connectivity index (χ0) is 20.9. The van der Waals surface area contributed by atoms with E-state index in [4.69, 9.17) is 12.2 Å². The maximum atomic E-state index is 12.5. The van der Waals surface area contributed by atoms with Crippen LogP contribution in [0.5, 0.6) is 0 Å². The van der Waals surface area contributed by atoms with Crippen molar-refractivity contribution >= 4 is 38.9 Å². The van der Waals surface area contributed by atoms with Gasteiger partial charge < -0.3 is 5.32 Å². The molecule has 3 rings (SSSR count).